The first-order chi connectivity index (χ1) is 9.04. The predicted molar refractivity (Wildman–Crippen MR) is 82.7 cm³/mol. The van der Waals surface area contributed by atoms with Crippen LogP contribution < -0.4 is 10.6 Å². The van der Waals surface area contributed by atoms with Gasteiger partial charge in [-0.05, 0) is 25.1 Å². The molecule has 2 atom stereocenters. The van der Waals surface area contributed by atoms with Crippen LogP contribution in [0.1, 0.15) is 19.4 Å². The molecule has 1 fully saturated rings. The zero-order valence-electron chi connectivity index (χ0n) is 11.0. The average Bonchev–Trinajstić information content (AvgIpc) is 2.41. The summed E-state index contributed by atoms with van der Waals surface area (Å²) in [5, 5.41) is 12.8. The van der Waals surface area contributed by atoms with Crippen molar-refractivity contribution >= 4 is 34.9 Å². The van der Waals surface area contributed by atoms with Crippen molar-refractivity contribution in [3.8, 4) is 0 Å². The van der Waals surface area contributed by atoms with Crippen molar-refractivity contribution in [3.05, 3.63) is 28.8 Å². The number of thioether (sulfide) groups is 1. The molecule has 4 nitrogen and oxygen atoms in total. The summed E-state index contributed by atoms with van der Waals surface area (Å²) >= 11 is 8.20. The van der Waals surface area contributed by atoms with Gasteiger partial charge in [-0.2, -0.15) is 11.8 Å². The van der Waals surface area contributed by atoms with Crippen molar-refractivity contribution in [3.63, 3.8) is 0 Å². The van der Waals surface area contributed by atoms with Gasteiger partial charge in [0.15, 0.2) is 5.84 Å². The van der Waals surface area contributed by atoms with E-state index < -0.39 is 0 Å². The van der Waals surface area contributed by atoms with E-state index in [2.05, 4.69) is 23.9 Å². The summed E-state index contributed by atoms with van der Waals surface area (Å²) in [6, 6.07) is 6.11. The summed E-state index contributed by atoms with van der Waals surface area (Å²) in [5.41, 5.74) is 7.21. The number of halogens is 1. The van der Waals surface area contributed by atoms with E-state index in [1.54, 1.807) is 6.07 Å². The number of nitrogens with zero attached hydrogens (tertiary/aromatic N) is 2. The Balaban J connectivity index is 2.29. The van der Waals surface area contributed by atoms with Crippen LogP contribution in [0.2, 0.25) is 5.02 Å². The molecule has 0 aliphatic carbocycles. The molecule has 1 aromatic rings. The van der Waals surface area contributed by atoms with E-state index in [4.69, 9.17) is 22.5 Å². The van der Waals surface area contributed by atoms with Crippen molar-refractivity contribution in [2.24, 2.45) is 10.9 Å². The second-order valence-electron chi connectivity index (χ2n) is 4.66. The van der Waals surface area contributed by atoms with Crippen molar-refractivity contribution < 1.29 is 5.21 Å². The Labute approximate surface area is 122 Å². The highest BCUT2D eigenvalue weighted by Gasteiger charge is 2.25. The molecule has 0 aromatic heterocycles. The van der Waals surface area contributed by atoms with E-state index in [0.29, 0.717) is 21.9 Å². The topological polar surface area (TPSA) is 61.8 Å². The summed E-state index contributed by atoms with van der Waals surface area (Å²) in [5.74, 6) is 1.15. The van der Waals surface area contributed by atoms with Gasteiger partial charge in [-0.1, -0.05) is 23.7 Å². The van der Waals surface area contributed by atoms with Gasteiger partial charge in [0.2, 0.25) is 0 Å². The van der Waals surface area contributed by atoms with Crippen LogP contribution in [0.4, 0.5) is 5.69 Å². The molecule has 104 valence electrons. The fraction of sp³-hybridized carbons (Fsp3) is 0.462. The first-order valence-electron chi connectivity index (χ1n) is 6.20. The Morgan fingerprint density at radius 3 is 2.89 bits per heavy atom. The quantitative estimate of drug-likeness (QED) is 0.381. The lowest BCUT2D eigenvalue weighted by atomic mass is 10.1. The molecule has 3 N–H and O–H groups in total. The lowest BCUT2D eigenvalue weighted by Crippen LogP contribution is -2.44. The maximum Gasteiger partial charge on any atom is 0.171 e. The van der Waals surface area contributed by atoms with Crippen LogP contribution in [0.15, 0.2) is 23.4 Å². The lowest BCUT2D eigenvalue weighted by molar-refractivity contribution is 0.318. The smallest absolute Gasteiger partial charge is 0.171 e. The number of anilines is 1. The zero-order chi connectivity index (χ0) is 14.0. The minimum absolute atomic E-state index is 0.0344. The van der Waals surface area contributed by atoms with E-state index in [-0.39, 0.29) is 5.84 Å². The molecule has 0 spiro atoms. The average molecular weight is 300 g/mol. The van der Waals surface area contributed by atoms with Gasteiger partial charge in [0.1, 0.15) is 0 Å². The summed E-state index contributed by atoms with van der Waals surface area (Å²) in [7, 11) is 0. The normalized spacial score (nSPS) is 24.6. The number of oxime groups is 1. The van der Waals surface area contributed by atoms with Gasteiger partial charge in [0.05, 0.1) is 5.02 Å². The van der Waals surface area contributed by atoms with Crippen LogP contribution in [0, 0.1) is 0 Å². The Bertz CT molecular complexity index is 495. The molecular formula is C13H18ClN3OS. The molecule has 2 rings (SSSR count). The Hall–Kier alpha value is -1.07. The first-order valence-corrected chi connectivity index (χ1v) is 7.63. The molecule has 0 amide bonds. The molecule has 0 bridgehead atoms. The van der Waals surface area contributed by atoms with Gasteiger partial charge in [-0.25, -0.2) is 0 Å². The zero-order valence-corrected chi connectivity index (χ0v) is 12.6. The largest absolute Gasteiger partial charge is 0.409 e. The third-order valence-electron chi connectivity index (χ3n) is 3.55. The van der Waals surface area contributed by atoms with Crippen molar-refractivity contribution in [1.29, 1.82) is 0 Å². The number of hydrogen-bond donors (Lipinski definition) is 2. The van der Waals surface area contributed by atoms with Gasteiger partial charge in [-0.15, -0.1) is 0 Å². The number of hydrogen-bond acceptors (Lipinski definition) is 4. The van der Waals surface area contributed by atoms with Crippen molar-refractivity contribution in [2.45, 2.75) is 25.1 Å². The molecule has 0 radical (unpaired) electrons. The molecule has 1 aliphatic rings. The van der Waals surface area contributed by atoms with Crippen LogP contribution in [0.25, 0.3) is 0 Å². The number of benzene rings is 1. The number of rotatable bonds is 2. The molecule has 1 aliphatic heterocycles. The summed E-state index contributed by atoms with van der Waals surface area (Å²) < 4.78 is 0. The van der Waals surface area contributed by atoms with Crippen LogP contribution >= 0.6 is 23.4 Å². The van der Waals surface area contributed by atoms with Gasteiger partial charge in [0.25, 0.3) is 0 Å². The highest BCUT2D eigenvalue weighted by Crippen LogP contribution is 2.31. The molecule has 19 heavy (non-hydrogen) atoms. The fourth-order valence-corrected chi connectivity index (χ4v) is 3.61. The highest BCUT2D eigenvalue weighted by molar-refractivity contribution is 8.00. The first kappa shape index (κ1) is 14.3. The second kappa shape index (κ2) is 5.92. The summed E-state index contributed by atoms with van der Waals surface area (Å²) in [6.45, 7) is 5.48. The van der Waals surface area contributed by atoms with Gasteiger partial charge in [-0.3, -0.25) is 0 Å². The predicted octanol–water partition coefficient (Wildman–Crippen LogP) is 2.76. The van der Waals surface area contributed by atoms with Gasteiger partial charge < -0.3 is 15.8 Å². The van der Waals surface area contributed by atoms with E-state index in [9.17, 15) is 0 Å². The third kappa shape index (κ3) is 2.92. The standard InChI is InChI=1S/C13H18ClN3OS/c1-8-9(2)19-6-5-17(8)10-3-4-11(12(14)7-10)13(15)16-18/h3-4,7-9,18H,5-6H2,1-2H3,(H2,15,16). The lowest BCUT2D eigenvalue weighted by Gasteiger charge is -2.39. The number of nitrogens with two attached hydrogens (primary N) is 1. The maximum absolute atomic E-state index is 8.70. The van der Waals surface area contributed by atoms with Crippen LogP contribution in [0.5, 0.6) is 0 Å². The minimum Gasteiger partial charge on any atom is -0.409 e. The van der Waals surface area contributed by atoms with Crippen LogP contribution in [-0.2, 0) is 0 Å². The molecule has 1 heterocycles. The van der Waals surface area contributed by atoms with E-state index in [1.165, 1.54) is 0 Å². The van der Waals surface area contributed by atoms with E-state index in [1.807, 2.05) is 23.9 Å². The second-order valence-corrected chi connectivity index (χ2v) is 6.55. The van der Waals surface area contributed by atoms with E-state index in [0.717, 1.165) is 18.0 Å². The Kier molecular flexibility index (Phi) is 4.47. The molecule has 2 unspecified atom stereocenters. The monoisotopic (exact) mass is 299 g/mol. The molecule has 1 aromatic carbocycles. The van der Waals surface area contributed by atoms with Gasteiger partial charge >= 0.3 is 0 Å². The molecular weight excluding hydrogens is 282 g/mol. The third-order valence-corrected chi connectivity index (χ3v) is 5.20. The molecule has 1 saturated heterocycles. The van der Waals surface area contributed by atoms with Crippen LogP contribution in [-0.4, -0.2) is 34.6 Å². The minimum atomic E-state index is 0.0344. The van der Waals surface area contributed by atoms with Crippen molar-refractivity contribution in [1.82, 2.24) is 0 Å². The molecule has 6 heteroatoms. The fourth-order valence-electron chi connectivity index (χ4n) is 2.24. The highest BCUT2D eigenvalue weighted by atomic mass is 35.5. The molecule has 0 saturated carbocycles. The number of amidine groups is 1. The maximum atomic E-state index is 8.70. The van der Waals surface area contributed by atoms with Crippen LogP contribution in [0.3, 0.4) is 0 Å². The van der Waals surface area contributed by atoms with E-state index >= 15 is 0 Å². The Morgan fingerprint density at radius 2 is 2.26 bits per heavy atom. The summed E-state index contributed by atoms with van der Waals surface area (Å²) in [4.78, 5) is 2.35. The SMILES string of the molecule is CC1SCCN(c2ccc(/C(N)=N/O)c(Cl)c2)C1C. The summed E-state index contributed by atoms with van der Waals surface area (Å²) in [6.07, 6.45) is 0. The van der Waals surface area contributed by atoms with Gasteiger partial charge in [0, 0.05) is 34.8 Å². The van der Waals surface area contributed by atoms with Crippen molar-refractivity contribution in [2.75, 3.05) is 17.2 Å². The Morgan fingerprint density at radius 1 is 1.53 bits per heavy atom.